The lowest BCUT2D eigenvalue weighted by Gasteiger charge is -2.28. The third-order valence-corrected chi connectivity index (χ3v) is 4.43. The van der Waals surface area contributed by atoms with Crippen molar-refractivity contribution in [2.24, 2.45) is 5.92 Å². The van der Waals surface area contributed by atoms with E-state index in [-0.39, 0.29) is 44.1 Å². The van der Waals surface area contributed by atoms with Crippen molar-refractivity contribution in [1.82, 2.24) is 5.32 Å². The van der Waals surface area contributed by atoms with E-state index < -0.39 is 23.9 Å². The van der Waals surface area contributed by atoms with Crippen molar-refractivity contribution in [3.05, 3.63) is 29.6 Å². The van der Waals surface area contributed by atoms with Crippen LogP contribution in [0.5, 0.6) is 5.75 Å². The van der Waals surface area contributed by atoms with Crippen molar-refractivity contribution in [3.63, 3.8) is 0 Å². The van der Waals surface area contributed by atoms with E-state index in [4.69, 9.17) is 20.1 Å². The van der Waals surface area contributed by atoms with Gasteiger partial charge in [0.2, 0.25) is 5.92 Å². The molecule has 1 atom stereocenters. The summed E-state index contributed by atoms with van der Waals surface area (Å²) in [6, 6.07) is 3.81. The smallest absolute Gasteiger partial charge is 0.343 e. The average Bonchev–Trinajstić information content (AvgIpc) is 2.54. The first-order chi connectivity index (χ1) is 12.1. The maximum absolute atomic E-state index is 13.9. The van der Waals surface area contributed by atoms with Gasteiger partial charge in [-0.15, -0.1) is 0 Å². The standard InChI is InChI=1S/C17H24F3NO5/c18-13-2-1-12(14(22)5-8-21-17(23,24)25)9-15(13)26-10-11-3-6-16(19,20)7-4-11/h1-2,9,11,14,21-25H,3-8,10H2. The molecule has 9 heteroatoms. The van der Waals surface area contributed by atoms with Crippen molar-refractivity contribution in [3.8, 4) is 5.75 Å². The van der Waals surface area contributed by atoms with E-state index in [1.165, 1.54) is 12.1 Å². The number of ether oxygens (including phenoxy) is 1. The van der Waals surface area contributed by atoms with Gasteiger partial charge in [0.15, 0.2) is 11.6 Å². The number of nitrogens with one attached hydrogen (secondary N) is 1. The van der Waals surface area contributed by atoms with Gasteiger partial charge < -0.3 is 25.2 Å². The third kappa shape index (κ3) is 6.73. The van der Waals surface area contributed by atoms with Crippen LogP contribution in [0.15, 0.2) is 18.2 Å². The van der Waals surface area contributed by atoms with Crippen LogP contribution in [0.1, 0.15) is 43.8 Å². The minimum absolute atomic E-state index is 0.0200. The zero-order chi connectivity index (χ0) is 19.4. The Morgan fingerprint density at radius 3 is 2.50 bits per heavy atom. The molecule has 1 fully saturated rings. The first-order valence-corrected chi connectivity index (χ1v) is 8.46. The van der Waals surface area contributed by atoms with Gasteiger partial charge in [-0.25, -0.2) is 18.5 Å². The molecule has 0 spiro atoms. The Labute approximate surface area is 149 Å². The molecule has 1 aliphatic carbocycles. The number of halogens is 3. The molecule has 0 radical (unpaired) electrons. The van der Waals surface area contributed by atoms with E-state index in [2.05, 4.69) is 0 Å². The van der Waals surface area contributed by atoms with Crippen LogP contribution >= 0.6 is 0 Å². The van der Waals surface area contributed by atoms with Crippen molar-refractivity contribution < 1.29 is 38.3 Å². The second-order valence-electron chi connectivity index (χ2n) is 6.67. The van der Waals surface area contributed by atoms with Crippen molar-refractivity contribution in [1.29, 1.82) is 0 Å². The maximum Gasteiger partial charge on any atom is 0.343 e. The van der Waals surface area contributed by atoms with Gasteiger partial charge in [-0.3, -0.25) is 0 Å². The predicted molar refractivity (Wildman–Crippen MR) is 85.8 cm³/mol. The zero-order valence-electron chi connectivity index (χ0n) is 14.2. The van der Waals surface area contributed by atoms with E-state index in [0.29, 0.717) is 18.4 Å². The van der Waals surface area contributed by atoms with Crippen molar-refractivity contribution >= 4 is 0 Å². The second-order valence-corrected chi connectivity index (χ2v) is 6.67. The molecule has 2 rings (SSSR count). The van der Waals surface area contributed by atoms with Crippen LogP contribution in [0.4, 0.5) is 13.2 Å². The van der Waals surface area contributed by atoms with Crippen LogP contribution in [-0.4, -0.2) is 45.6 Å². The number of alkyl halides is 2. The molecule has 1 saturated carbocycles. The highest BCUT2D eigenvalue weighted by Crippen LogP contribution is 2.36. The largest absolute Gasteiger partial charge is 0.490 e. The molecule has 6 nitrogen and oxygen atoms in total. The molecule has 0 bridgehead atoms. The molecule has 1 aromatic rings. The Morgan fingerprint density at radius 2 is 1.88 bits per heavy atom. The summed E-state index contributed by atoms with van der Waals surface area (Å²) in [4.78, 5) is 0. The minimum Gasteiger partial charge on any atom is -0.490 e. The van der Waals surface area contributed by atoms with Gasteiger partial charge in [-0.1, -0.05) is 6.07 Å². The number of benzene rings is 1. The summed E-state index contributed by atoms with van der Waals surface area (Å²) in [5.74, 6) is -3.40. The van der Waals surface area contributed by atoms with E-state index in [1.807, 2.05) is 5.32 Å². The SMILES string of the molecule is OC(CCNC(O)(O)O)c1ccc(F)c(OCC2CCC(F)(F)CC2)c1. The monoisotopic (exact) mass is 379 g/mol. The lowest BCUT2D eigenvalue weighted by atomic mass is 9.87. The van der Waals surface area contributed by atoms with Crippen LogP contribution in [-0.2, 0) is 0 Å². The minimum atomic E-state index is -3.03. The fraction of sp³-hybridized carbons (Fsp3) is 0.647. The molecular weight excluding hydrogens is 355 g/mol. The fourth-order valence-electron chi connectivity index (χ4n) is 2.86. The molecule has 0 amide bonds. The fourth-order valence-corrected chi connectivity index (χ4v) is 2.86. The molecule has 0 heterocycles. The van der Waals surface area contributed by atoms with E-state index in [0.717, 1.165) is 6.07 Å². The maximum atomic E-state index is 13.9. The highest BCUT2D eigenvalue weighted by molar-refractivity contribution is 5.31. The molecule has 1 aliphatic rings. The number of hydrogen-bond acceptors (Lipinski definition) is 6. The van der Waals surface area contributed by atoms with E-state index in [1.54, 1.807) is 0 Å². The molecule has 0 aromatic heterocycles. The molecule has 0 aliphatic heterocycles. The van der Waals surface area contributed by atoms with E-state index in [9.17, 15) is 18.3 Å². The number of rotatable bonds is 8. The first-order valence-electron chi connectivity index (χ1n) is 8.46. The highest BCUT2D eigenvalue weighted by atomic mass is 19.3. The van der Waals surface area contributed by atoms with Gasteiger partial charge >= 0.3 is 6.10 Å². The summed E-state index contributed by atoms with van der Waals surface area (Å²) in [6.45, 7) is 0.00464. The summed E-state index contributed by atoms with van der Waals surface area (Å²) in [6.07, 6.45) is -3.84. The molecule has 148 valence electrons. The normalized spacial score (nSPS) is 19.3. The third-order valence-electron chi connectivity index (χ3n) is 4.43. The summed E-state index contributed by atoms with van der Waals surface area (Å²) in [7, 11) is 0. The summed E-state index contributed by atoms with van der Waals surface area (Å²) in [5, 5.41) is 38.2. The number of hydrogen-bond donors (Lipinski definition) is 5. The highest BCUT2D eigenvalue weighted by Gasteiger charge is 2.35. The molecule has 26 heavy (non-hydrogen) atoms. The van der Waals surface area contributed by atoms with Gasteiger partial charge in [0.05, 0.1) is 12.7 Å². The van der Waals surface area contributed by atoms with Gasteiger partial charge in [0, 0.05) is 19.4 Å². The van der Waals surface area contributed by atoms with Crippen LogP contribution in [0.3, 0.4) is 0 Å². The molecule has 0 saturated heterocycles. The Kier molecular flexibility index (Phi) is 6.86. The van der Waals surface area contributed by atoms with Gasteiger partial charge in [0.25, 0.3) is 0 Å². The number of aliphatic hydroxyl groups is 4. The first kappa shape index (κ1) is 20.9. The lowest BCUT2D eigenvalue weighted by molar-refractivity contribution is -0.331. The second kappa shape index (κ2) is 8.53. The summed E-state index contributed by atoms with van der Waals surface area (Å²) < 4.78 is 45.6. The Bertz CT molecular complexity index is 584. The average molecular weight is 379 g/mol. The van der Waals surface area contributed by atoms with Crippen LogP contribution in [0.25, 0.3) is 0 Å². The molecule has 1 unspecified atom stereocenters. The Balaban J connectivity index is 1.88. The van der Waals surface area contributed by atoms with Gasteiger partial charge in [-0.05, 0) is 42.9 Å². The van der Waals surface area contributed by atoms with E-state index >= 15 is 0 Å². The summed E-state index contributed by atoms with van der Waals surface area (Å²) in [5.41, 5.74) is 0.345. The lowest BCUT2D eigenvalue weighted by Crippen LogP contribution is -2.45. The van der Waals surface area contributed by atoms with Crippen LogP contribution in [0.2, 0.25) is 0 Å². The Morgan fingerprint density at radius 1 is 1.23 bits per heavy atom. The number of aliphatic hydroxyl groups excluding tert-OH is 1. The van der Waals surface area contributed by atoms with Crippen LogP contribution < -0.4 is 10.1 Å². The van der Waals surface area contributed by atoms with Crippen LogP contribution in [0, 0.1) is 11.7 Å². The van der Waals surface area contributed by atoms with Gasteiger partial charge in [-0.2, -0.15) is 0 Å². The predicted octanol–water partition coefficient (Wildman–Crippen LogP) is 1.63. The molecular formula is C17H24F3NO5. The topological polar surface area (TPSA) is 102 Å². The van der Waals surface area contributed by atoms with Crippen molar-refractivity contribution in [2.75, 3.05) is 13.2 Å². The van der Waals surface area contributed by atoms with Crippen molar-refractivity contribution in [2.45, 2.75) is 50.2 Å². The quantitative estimate of drug-likeness (QED) is 0.440. The molecule has 5 N–H and O–H groups in total. The summed E-state index contributed by atoms with van der Waals surface area (Å²) >= 11 is 0. The Hall–Kier alpha value is -1.39. The molecule has 1 aromatic carbocycles. The zero-order valence-corrected chi connectivity index (χ0v) is 14.2. The van der Waals surface area contributed by atoms with Gasteiger partial charge in [0.1, 0.15) is 0 Å².